The molecule has 1 saturated heterocycles. The summed E-state index contributed by atoms with van der Waals surface area (Å²) in [5.41, 5.74) is -0.0630. The molecule has 0 radical (unpaired) electrons. The first-order valence-corrected chi connectivity index (χ1v) is 14.5. The van der Waals surface area contributed by atoms with E-state index in [1.165, 1.54) is 36.4 Å². The van der Waals surface area contributed by atoms with Gasteiger partial charge in [0.2, 0.25) is 11.8 Å². The standard InChI is InChI=1S/C30H35F5N8O3/c1-16-18-11-36-24(10-21(18)43(41-16)15-30(33,34)35)44-22-13-42(14-29(22,31)32)23-9-20(38-17(2)39-23)19-12-37-26(46-28(6,7)8)40-25(19)45-27(3,4)5/h9-12,22H,13-15H2,1-8H3/t22-/m0/s1. The number of rotatable bonds is 7. The van der Waals surface area contributed by atoms with Crippen LogP contribution in [0.15, 0.2) is 24.5 Å². The fourth-order valence-electron chi connectivity index (χ4n) is 4.83. The summed E-state index contributed by atoms with van der Waals surface area (Å²) in [6.07, 6.45) is -3.44. The topological polar surface area (TPSA) is 113 Å². The molecule has 0 aromatic carbocycles. The number of halogens is 5. The summed E-state index contributed by atoms with van der Waals surface area (Å²) in [5, 5.41) is 4.28. The van der Waals surface area contributed by atoms with E-state index in [-0.39, 0.29) is 35.6 Å². The number of nitrogens with zero attached hydrogens (tertiary/aromatic N) is 8. The molecule has 5 heterocycles. The monoisotopic (exact) mass is 650 g/mol. The van der Waals surface area contributed by atoms with E-state index in [4.69, 9.17) is 14.2 Å². The number of hydrogen-bond acceptors (Lipinski definition) is 10. The van der Waals surface area contributed by atoms with Crippen molar-refractivity contribution in [2.24, 2.45) is 0 Å². The number of fused-ring (bicyclic) bond motifs is 1. The van der Waals surface area contributed by atoms with Crippen molar-refractivity contribution < 1.29 is 36.2 Å². The fourth-order valence-corrected chi connectivity index (χ4v) is 4.83. The van der Waals surface area contributed by atoms with Crippen LogP contribution < -0.4 is 19.1 Å². The van der Waals surface area contributed by atoms with Crippen molar-refractivity contribution in [3.63, 3.8) is 0 Å². The Kier molecular flexibility index (Phi) is 8.22. The summed E-state index contributed by atoms with van der Waals surface area (Å²) in [7, 11) is 0. The Labute approximate surface area is 262 Å². The van der Waals surface area contributed by atoms with E-state index in [2.05, 4.69) is 30.0 Å². The molecule has 0 unspecified atom stereocenters. The Hall–Kier alpha value is -4.37. The lowest BCUT2D eigenvalue weighted by Gasteiger charge is -2.24. The van der Waals surface area contributed by atoms with Gasteiger partial charge in [0, 0.05) is 29.9 Å². The number of alkyl halides is 5. The number of hydrogen-bond donors (Lipinski definition) is 0. The molecule has 0 aliphatic carbocycles. The molecule has 1 aliphatic rings. The second kappa shape index (κ2) is 11.5. The second-order valence-electron chi connectivity index (χ2n) is 13.1. The van der Waals surface area contributed by atoms with Gasteiger partial charge in [-0.05, 0) is 55.4 Å². The molecular formula is C30H35F5N8O3. The molecule has 11 nitrogen and oxygen atoms in total. The van der Waals surface area contributed by atoms with Gasteiger partial charge in [-0.1, -0.05) is 0 Å². The Balaban J connectivity index is 1.43. The molecule has 1 fully saturated rings. The van der Waals surface area contributed by atoms with Crippen LogP contribution in [0.4, 0.5) is 27.8 Å². The molecule has 16 heteroatoms. The normalized spacial score (nSPS) is 17.1. The van der Waals surface area contributed by atoms with Gasteiger partial charge in [0.05, 0.1) is 35.6 Å². The van der Waals surface area contributed by atoms with E-state index in [9.17, 15) is 13.2 Å². The number of aryl methyl sites for hydroxylation is 2. The molecule has 248 valence electrons. The minimum Gasteiger partial charge on any atom is -0.471 e. The first-order valence-electron chi connectivity index (χ1n) is 14.5. The molecule has 0 N–H and O–H groups in total. The summed E-state index contributed by atoms with van der Waals surface area (Å²) < 4.78 is 88.3. The Bertz CT molecular complexity index is 1750. The van der Waals surface area contributed by atoms with Crippen LogP contribution >= 0.6 is 0 Å². The zero-order chi connectivity index (χ0) is 33.8. The van der Waals surface area contributed by atoms with Crippen LogP contribution in [0.3, 0.4) is 0 Å². The van der Waals surface area contributed by atoms with Crippen molar-refractivity contribution >= 4 is 16.7 Å². The second-order valence-corrected chi connectivity index (χ2v) is 13.1. The van der Waals surface area contributed by atoms with Crippen LogP contribution in [-0.2, 0) is 6.54 Å². The smallest absolute Gasteiger partial charge is 0.408 e. The average Bonchev–Trinajstić information content (AvgIpc) is 3.35. The predicted molar refractivity (Wildman–Crippen MR) is 158 cm³/mol. The molecule has 4 aromatic heterocycles. The number of aromatic nitrogens is 7. The first kappa shape index (κ1) is 33.0. The molecule has 0 saturated carbocycles. The van der Waals surface area contributed by atoms with Gasteiger partial charge in [-0.25, -0.2) is 28.7 Å². The van der Waals surface area contributed by atoms with Crippen molar-refractivity contribution in [1.82, 2.24) is 34.7 Å². The first-order chi connectivity index (χ1) is 21.2. The van der Waals surface area contributed by atoms with Gasteiger partial charge in [0.1, 0.15) is 29.4 Å². The van der Waals surface area contributed by atoms with Crippen molar-refractivity contribution in [1.29, 1.82) is 0 Å². The zero-order valence-electron chi connectivity index (χ0n) is 26.7. The quantitative estimate of drug-likeness (QED) is 0.217. The molecule has 1 aliphatic heterocycles. The van der Waals surface area contributed by atoms with Crippen LogP contribution in [0.25, 0.3) is 22.2 Å². The van der Waals surface area contributed by atoms with Gasteiger partial charge >= 0.3 is 18.1 Å². The van der Waals surface area contributed by atoms with E-state index in [1.54, 1.807) is 6.92 Å². The molecule has 0 spiro atoms. The van der Waals surface area contributed by atoms with Gasteiger partial charge < -0.3 is 19.1 Å². The van der Waals surface area contributed by atoms with Crippen LogP contribution in [0.1, 0.15) is 53.1 Å². The minimum absolute atomic E-state index is 0.0727. The Morgan fingerprint density at radius 1 is 0.913 bits per heavy atom. The maximum Gasteiger partial charge on any atom is 0.408 e. The molecule has 1 atom stereocenters. The molecule has 4 aromatic rings. The highest BCUT2D eigenvalue weighted by atomic mass is 19.4. The van der Waals surface area contributed by atoms with E-state index < -0.39 is 42.5 Å². The fraction of sp³-hybridized carbons (Fsp3) is 0.533. The SMILES string of the molecule is Cc1nc(-c2cnc(OC(C)(C)C)nc2OC(C)(C)C)cc(N2C[C@H](Oc3cc4c(cn3)c(C)nn4CC(F)(F)F)C(F)(F)C2)n1. The summed E-state index contributed by atoms with van der Waals surface area (Å²) in [5.74, 6) is -2.90. The van der Waals surface area contributed by atoms with Crippen molar-refractivity contribution in [2.75, 3.05) is 18.0 Å². The number of pyridine rings is 1. The molecule has 0 bridgehead atoms. The van der Waals surface area contributed by atoms with Crippen LogP contribution in [0, 0.1) is 13.8 Å². The van der Waals surface area contributed by atoms with Gasteiger partial charge in [0.25, 0.3) is 0 Å². The third-order valence-electron chi connectivity index (χ3n) is 6.60. The lowest BCUT2D eigenvalue weighted by atomic mass is 10.1. The maximum absolute atomic E-state index is 15.3. The zero-order valence-corrected chi connectivity index (χ0v) is 26.7. The average molecular weight is 651 g/mol. The summed E-state index contributed by atoms with van der Waals surface area (Å²) in [6, 6.07) is 2.83. The highest BCUT2D eigenvalue weighted by Crippen LogP contribution is 2.37. The largest absolute Gasteiger partial charge is 0.471 e. The van der Waals surface area contributed by atoms with Gasteiger partial charge in [0.15, 0.2) is 6.10 Å². The number of anilines is 1. The third kappa shape index (κ3) is 7.70. The van der Waals surface area contributed by atoms with Crippen molar-refractivity contribution in [3.8, 4) is 29.0 Å². The summed E-state index contributed by atoms with van der Waals surface area (Å²) >= 11 is 0. The maximum atomic E-state index is 15.3. The van der Waals surface area contributed by atoms with E-state index in [0.29, 0.717) is 28.2 Å². The van der Waals surface area contributed by atoms with Crippen molar-refractivity contribution in [3.05, 3.63) is 36.0 Å². The van der Waals surface area contributed by atoms with Gasteiger partial charge in [-0.2, -0.15) is 23.3 Å². The van der Waals surface area contributed by atoms with Crippen LogP contribution in [0.2, 0.25) is 0 Å². The van der Waals surface area contributed by atoms with Gasteiger partial charge in [-0.3, -0.25) is 4.68 Å². The Morgan fingerprint density at radius 2 is 1.61 bits per heavy atom. The lowest BCUT2D eigenvalue weighted by molar-refractivity contribution is -0.141. The molecule has 46 heavy (non-hydrogen) atoms. The van der Waals surface area contributed by atoms with E-state index >= 15 is 8.78 Å². The van der Waals surface area contributed by atoms with E-state index in [0.717, 1.165) is 4.68 Å². The highest BCUT2D eigenvalue weighted by molar-refractivity contribution is 5.81. The molecule has 5 rings (SSSR count). The predicted octanol–water partition coefficient (Wildman–Crippen LogP) is 6.11. The molecular weight excluding hydrogens is 615 g/mol. The lowest BCUT2D eigenvalue weighted by Crippen LogP contribution is -2.36. The van der Waals surface area contributed by atoms with Crippen LogP contribution in [-0.4, -0.2) is 77.2 Å². The summed E-state index contributed by atoms with van der Waals surface area (Å²) in [6.45, 7) is 11.9. The van der Waals surface area contributed by atoms with E-state index in [1.807, 2.05) is 41.5 Å². The van der Waals surface area contributed by atoms with Gasteiger partial charge in [-0.15, -0.1) is 0 Å². The Morgan fingerprint density at radius 3 is 2.26 bits per heavy atom. The number of ether oxygens (including phenoxy) is 3. The molecule has 0 amide bonds. The highest BCUT2D eigenvalue weighted by Gasteiger charge is 2.51. The summed E-state index contributed by atoms with van der Waals surface area (Å²) in [4.78, 5) is 23.1. The van der Waals surface area contributed by atoms with Crippen molar-refractivity contribution in [2.45, 2.75) is 91.3 Å². The van der Waals surface area contributed by atoms with Crippen LogP contribution in [0.5, 0.6) is 17.8 Å². The third-order valence-corrected chi connectivity index (χ3v) is 6.60. The minimum atomic E-state index is -4.53.